The number of benzene rings is 1. The Morgan fingerprint density at radius 2 is 1.77 bits per heavy atom. The summed E-state index contributed by atoms with van der Waals surface area (Å²) in [6.07, 6.45) is -1.30. The first-order chi connectivity index (χ1) is 14.4. The number of aromatic nitrogens is 1. The Morgan fingerprint density at radius 3 is 2.29 bits per heavy atom. The fraction of sp³-hybridized carbons (Fsp3) is 0.333. The Hall–Kier alpha value is -3.53. The second-order valence-corrected chi connectivity index (χ2v) is 7.33. The molecular formula is C21H25FN4O5. The molecule has 0 radical (unpaired) electrons. The highest BCUT2D eigenvalue weighted by atomic mass is 19.1. The Bertz CT molecular complexity index is 1070. The lowest BCUT2D eigenvalue weighted by molar-refractivity contribution is -0.127. The second kappa shape index (κ2) is 9.09. The van der Waals surface area contributed by atoms with E-state index in [9.17, 15) is 28.7 Å². The second-order valence-electron chi connectivity index (χ2n) is 7.33. The molecule has 1 aromatic heterocycles. The molecule has 1 aromatic carbocycles. The van der Waals surface area contributed by atoms with E-state index in [2.05, 4.69) is 10.6 Å². The molecule has 0 aliphatic heterocycles. The van der Waals surface area contributed by atoms with Crippen LogP contribution in [-0.4, -0.2) is 45.3 Å². The molecule has 2 rings (SSSR count). The van der Waals surface area contributed by atoms with Gasteiger partial charge in [0.25, 0.3) is 17.6 Å². The van der Waals surface area contributed by atoms with Gasteiger partial charge in [0.1, 0.15) is 11.9 Å². The van der Waals surface area contributed by atoms with Gasteiger partial charge in [-0.1, -0.05) is 0 Å². The zero-order chi connectivity index (χ0) is 23.6. The molecule has 0 saturated carbocycles. The van der Waals surface area contributed by atoms with Gasteiger partial charge >= 0.3 is 0 Å². The van der Waals surface area contributed by atoms with E-state index in [1.807, 2.05) is 0 Å². The largest absolute Gasteiger partial charge is 0.391 e. The summed E-state index contributed by atoms with van der Waals surface area (Å²) in [5.41, 5.74) is 6.68. The van der Waals surface area contributed by atoms with Crippen LogP contribution in [0.4, 0.5) is 10.1 Å². The van der Waals surface area contributed by atoms with E-state index >= 15 is 0 Å². The Labute approximate surface area is 178 Å². The molecule has 5 N–H and O–H groups in total. The molecule has 2 aromatic rings. The lowest BCUT2D eigenvalue weighted by Crippen LogP contribution is -2.52. The van der Waals surface area contributed by atoms with Crippen LogP contribution in [0.2, 0.25) is 0 Å². The molecule has 3 amide bonds. The van der Waals surface area contributed by atoms with Gasteiger partial charge in [-0.3, -0.25) is 19.2 Å². The minimum absolute atomic E-state index is 0.0516. The fourth-order valence-electron chi connectivity index (χ4n) is 3.29. The number of Topliss-reactive ketones (excluding diaryl/α,β-unsaturated/α-hetero) is 1. The standard InChI is InChI=1S/C21H25FN4O5/c1-9-8-13(6-7-14(9)22)24-20(30)15-10(2)17(26(5)11(15)3)18(28)21(31)25-16(12(4)27)19(23)29/h6-8,12,16,27H,1-5H3,(H2,23,29)(H,24,30)(H,25,31). The molecule has 0 fully saturated rings. The third kappa shape index (κ3) is 4.80. The molecule has 0 bridgehead atoms. The van der Waals surface area contributed by atoms with Gasteiger partial charge < -0.3 is 26.0 Å². The fourth-order valence-corrected chi connectivity index (χ4v) is 3.29. The van der Waals surface area contributed by atoms with Crippen molar-refractivity contribution in [3.8, 4) is 0 Å². The highest BCUT2D eigenvalue weighted by Gasteiger charge is 2.31. The number of anilines is 1. The number of primary amides is 1. The van der Waals surface area contributed by atoms with Crippen molar-refractivity contribution in [1.29, 1.82) is 0 Å². The molecule has 9 nitrogen and oxygen atoms in total. The normalized spacial score (nSPS) is 12.7. The van der Waals surface area contributed by atoms with E-state index in [-0.39, 0.29) is 16.8 Å². The Morgan fingerprint density at radius 1 is 1.16 bits per heavy atom. The number of carbonyl (C=O) groups is 4. The number of halogens is 1. The van der Waals surface area contributed by atoms with E-state index in [0.29, 0.717) is 16.9 Å². The molecule has 2 atom stereocenters. The average molecular weight is 432 g/mol. The number of aliphatic hydroxyl groups excluding tert-OH is 1. The number of aliphatic hydroxyl groups is 1. The summed E-state index contributed by atoms with van der Waals surface area (Å²) in [4.78, 5) is 49.4. The zero-order valence-electron chi connectivity index (χ0n) is 17.9. The molecular weight excluding hydrogens is 407 g/mol. The number of ketones is 1. The summed E-state index contributed by atoms with van der Waals surface area (Å²) in [5, 5.41) is 14.4. The van der Waals surface area contributed by atoms with Crippen LogP contribution >= 0.6 is 0 Å². The number of nitrogens with one attached hydrogen (secondary N) is 2. The molecule has 10 heteroatoms. The Balaban J connectivity index is 2.35. The van der Waals surface area contributed by atoms with Gasteiger partial charge in [-0.2, -0.15) is 0 Å². The van der Waals surface area contributed by atoms with Crippen molar-refractivity contribution in [3.05, 3.63) is 52.1 Å². The van der Waals surface area contributed by atoms with E-state index < -0.39 is 41.5 Å². The molecule has 0 aliphatic rings. The van der Waals surface area contributed by atoms with E-state index in [0.717, 1.165) is 0 Å². The highest BCUT2D eigenvalue weighted by molar-refractivity contribution is 6.43. The molecule has 1 heterocycles. The molecule has 0 saturated heterocycles. The van der Waals surface area contributed by atoms with Gasteiger partial charge in [0.05, 0.1) is 17.4 Å². The number of hydrogen-bond acceptors (Lipinski definition) is 5. The lowest BCUT2D eigenvalue weighted by atomic mass is 10.1. The number of carbonyl (C=O) groups excluding carboxylic acids is 4. The van der Waals surface area contributed by atoms with Crippen molar-refractivity contribution < 1.29 is 28.7 Å². The smallest absolute Gasteiger partial charge is 0.294 e. The number of nitrogens with zero attached hydrogens (tertiary/aromatic N) is 1. The van der Waals surface area contributed by atoms with Crippen LogP contribution in [0.1, 0.15) is 44.6 Å². The predicted octanol–water partition coefficient (Wildman–Crippen LogP) is 0.875. The summed E-state index contributed by atoms with van der Waals surface area (Å²) in [5.74, 6) is -4.07. The van der Waals surface area contributed by atoms with Crippen molar-refractivity contribution in [3.63, 3.8) is 0 Å². The quantitative estimate of drug-likeness (QED) is 0.379. The highest BCUT2D eigenvalue weighted by Crippen LogP contribution is 2.24. The average Bonchev–Trinajstić information content (AvgIpc) is 2.90. The van der Waals surface area contributed by atoms with Crippen molar-refractivity contribution in [2.24, 2.45) is 12.8 Å². The number of hydrogen-bond donors (Lipinski definition) is 4. The van der Waals surface area contributed by atoms with Crippen molar-refractivity contribution in [1.82, 2.24) is 9.88 Å². The monoisotopic (exact) mass is 432 g/mol. The summed E-state index contributed by atoms with van der Waals surface area (Å²) in [6, 6.07) is 2.67. The topological polar surface area (TPSA) is 144 Å². The van der Waals surface area contributed by atoms with Gasteiger partial charge in [0.2, 0.25) is 5.91 Å². The zero-order valence-corrected chi connectivity index (χ0v) is 17.9. The predicted molar refractivity (Wildman–Crippen MR) is 111 cm³/mol. The SMILES string of the molecule is Cc1cc(NC(=O)c2c(C)c(C(=O)C(=O)NC(C(N)=O)C(C)O)n(C)c2C)ccc1F. The first kappa shape index (κ1) is 23.7. The number of rotatable bonds is 7. The minimum atomic E-state index is -1.44. The minimum Gasteiger partial charge on any atom is -0.391 e. The first-order valence-corrected chi connectivity index (χ1v) is 9.42. The van der Waals surface area contributed by atoms with E-state index in [4.69, 9.17) is 5.73 Å². The van der Waals surface area contributed by atoms with Crippen molar-refractivity contribution in [2.75, 3.05) is 5.32 Å². The van der Waals surface area contributed by atoms with Crippen LogP contribution in [0.5, 0.6) is 0 Å². The van der Waals surface area contributed by atoms with Crippen LogP contribution < -0.4 is 16.4 Å². The van der Waals surface area contributed by atoms with Crippen LogP contribution in [0.15, 0.2) is 18.2 Å². The van der Waals surface area contributed by atoms with E-state index in [1.54, 1.807) is 13.8 Å². The summed E-state index contributed by atoms with van der Waals surface area (Å²) >= 11 is 0. The van der Waals surface area contributed by atoms with Gasteiger partial charge in [-0.05, 0) is 57.0 Å². The summed E-state index contributed by atoms with van der Waals surface area (Å²) in [6.45, 7) is 5.93. The third-order valence-electron chi connectivity index (χ3n) is 5.07. The van der Waals surface area contributed by atoms with Crippen LogP contribution in [0.25, 0.3) is 0 Å². The van der Waals surface area contributed by atoms with Crippen molar-refractivity contribution in [2.45, 2.75) is 39.8 Å². The maximum Gasteiger partial charge on any atom is 0.294 e. The molecule has 0 spiro atoms. The van der Waals surface area contributed by atoms with Crippen LogP contribution in [-0.2, 0) is 16.6 Å². The maximum atomic E-state index is 13.5. The summed E-state index contributed by atoms with van der Waals surface area (Å²) < 4.78 is 14.9. The molecule has 31 heavy (non-hydrogen) atoms. The molecule has 166 valence electrons. The van der Waals surface area contributed by atoms with Crippen molar-refractivity contribution >= 4 is 29.2 Å². The number of nitrogens with two attached hydrogens (primary N) is 1. The molecule has 2 unspecified atom stereocenters. The Kier molecular flexibility index (Phi) is 6.96. The number of aryl methyl sites for hydroxylation is 1. The number of amides is 3. The van der Waals surface area contributed by atoms with Gasteiger partial charge in [0, 0.05) is 18.4 Å². The van der Waals surface area contributed by atoms with Gasteiger partial charge in [-0.25, -0.2) is 4.39 Å². The van der Waals surface area contributed by atoms with Crippen LogP contribution in [0, 0.1) is 26.6 Å². The van der Waals surface area contributed by atoms with Crippen LogP contribution in [0.3, 0.4) is 0 Å². The van der Waals surface area contributed by atoms with Gasteiger partial charge in [-0.15, -0.1) is 0 Å². The molecule has 0 aliphatic carbocycles. The first-order valence-electron chi connectivity index (χ1n) is 9.42. The van der Waals surface area contributed by atoms with E-state index in [1.165, 1.54) is 43.7 Å². The van der Waals surface area contributed by atoms with Gasteiger partial charge in [0.15, 0.2) is 0 Å². The summed E-state index contributed by atoms with van der Waals surface area (Å²) in [7, 11) is 1.52. The third-order valence-corrected chi connectivity index (χ3v) is 5.07. The maximum absolute atomic E-state index is 13.5. The lowest BCUT2D eigenvalue weighted by Gasteiger charge is -2.17.